The van der Waals surface area contributed by atoms with E-state index in [1.165, 1.54) is 0 Å². The summed E-state index contributed by atoms with van der Waals surface area (Å²) in [7, 11) is 0. The topological polar surface area (TPSA) is 55.6 Å². The lowest BCUT2D eigenvalue weighted by Crippen LogP contribution is -2.48. The molecule has 0 saturated carbocycles. The molecule has 0 N–H and O–H groups in total. The van der Waals surface area contributed by atoms with Crippen LogP contribution in [-0.4, -0.2) is 35.2 Å². The van der Waals surface area contributed by atoms with E-state index in [4.69, 9.17) is 9.26 Å². The Kier molecular flexibility index (Phi) is 4.48. The maximum atomic E-state index is 12.7. The first-order chi connectivity index (χ1) is 11.0. The molecular formula is C18H22N2O3. The molecule has 0 radical (unpaired) electrons. The van der Waals surface area contributed by atoms with Crippen LogP contribution >= 0.6 is 0 Å². The summed E-state index contributed by atoms with van der Waals surface area (Å²) >= 11 is 0. The van der Waals surface area contributed by atoms with Crippen molar-refractivity contribution in [2.75, 3.05) is 13.1 Å². The number of morpholine rings is 1. The van der Waals surface area contributed by atoms with Gasteiger partial charge < -0.3 is 14.2 Å². The Morgan fingerprint density at radius 1 is 1.26 bits per heavy atom. The molecule has 1 aromatic carbocycles. The Hall–Kier alpha value is -2.14. The molecule has 0 spiro atoms. The molecule has 2 heterocycles. The number of rotatable bonds is 3. The standard InChI is InChI=1S/C18H22N2O3/c1-12(2)16-10-20(18(21)15-9-13(3)23-19-15)11-17(22-16)14-7-5-4-6-8-14/h4-9,12,16-17H,10-11H2,1-3H3/t16-,17+/m1/s1. The Morgan fingerprint density at radius 2 is 2.00 bits per heavy atom. The Morgan fingerprint density at radius 3 is 2.61 bits per heavy atom. The van der Waals surface area contributed by atoms with Gasteiger partial charge in [-0.25, -0.2) is 0 Å². The minimum Gasteiger partial charge on any atom is -0.366 e. The molecular weight excluding hydrogens is 292 g/mol. The summed E-state index contributed by atoms with van der Waals surface area (Å²) in [5.41, 5.74) is 1.45. The number of benzene rings is 1. The Balaban J connectivity index is 1.83. The average molecular weight is 314 g/mol. The predicted octanol–water partition coefficient (Wildman–Crippen LogP) is 3.22. The molecule has 0 unspecified atom stereocenters. The first-order valence-corrected chi connectivity index (χ1v) is 7.97. The van der Waals surface area contributed by atoms with Gasteiger partial charge in [-0.3, -0.25) is 4.79 Å². The molecule has 1 aliphatic heterocycles. The SMILES string of the molecule is Cc1cc(C(=O)N2C[C@@H](c3ccccc3)O[C@@H](C(C)C)C2)no1. The van der Waals surface area contributed by atoms with E-state index in [9.17, 15) is 4.79 Å². The van der Waals surface area contributed by atoms with Gasteiger partial charge in [-0.1, -0.05) is 49.3 Å². The zero-order valence-electron chi connectivity index (χ0n) is 13.7. The number of ether oxygens (including phenoxy) is 1. The molecule has 2 aromatic rings. The second-order valence-corrected chi connectivity index (χ2v) is 6.35. The normalized spacial score (nSPS) is 21.7. The molecule has 1 fully saturated rings. The van der Waals surface area contributed by atoms with Crippen LogP contribution in [-0.2, 0) is 4.74 Å². The quantitative estimate of drug-likeness (QED) is 0.873. The Bertz CT molecular complexity index is 666. The van der Waals surface area contributed by atoms with Crippen LogP contribution in [0.1, 0.15) is 41.8 Å². The van der Waals surface area contributed by atoms with Crippen molar-refractivity contribution in [3.63, 3.8) is 0 Å². The highest BCUT2D eigenvalue weighted by Crippen LogP contribution is 2.28. The summed E-state index contributed by atoms with van der Waals surface area (Å²) < 4.78 is 11.3. The third-order valence-electron chi connectivity index (χ3n) is 4.17. The van der Waals surface area contributed by atoms with E-state index >= 15 is 0 Å². The molecule has 5 heteroatoms. The number of nitrogens with zero attached hydrogens (tertiary/aromatic N) is 2. The molecule has 3 rings (SSSR count). The van der Waals surface area contributed by atoms with E-state index in [0.29, 0.717) is 30.5 Å². The third kappa shape index (κ3) is 3.45. The lowest BCUT2D eigenvalue weighted by Gasteiger charge is -2.39. The van der Waals surface area contributed by atoms with Crippen molar-refractivity contribution in [2.45, 2.75) is 33.0 Å². The van der Waals surface area contributed by atoms with E-state index in [0.717, 1.165) is 5.56 Å². The molecule has 5 nitrogen and oxygen atoms in total. The van der Waals surface area contributed by atoms with Crippen LogP contribution in [0.4, 0.5) is 0 Å². The first kappa shape index (κ1) is 15.7. The number of amides is 1. The van der Waals surface area contributed by atoms with Crippen molar-refractivity contribution >= 4 is 5.91 Å². The zero-order chi connectivity index (χ0) is 16.4. The molecule has 1 amide bonds. The smallest absolute Gasteiger partial charge is 0.276 e. The highest BCUT2D eigenvalue weighted by atomic mass is 16.5. The van der Waals surface area contributed by atoms with Gasteiger partial charge in [0.25, 0.3) is 5.91 Å². The average Bonchev–Trinajstić information content (AvgIpc) is 3.01. The predicted molar refractivity (Wildman–Crippen MR) is 86.0 cm³/mol. The van der Waals surface area contributed by atoms with E-state index in [-0.39, 0.29) is 18.1 Å². The maximum absolute atomic E-state index is 12.7. The van der Waals surface area contributed by atoms with Crippen molar-refractivity contribution in [3.8, 4) is 0 Å². The second kappa shape index (κ2) is 6.54. The molecule has 2 atom stereocenters. The van der Waals surface area contributed by atoms with Crippen LogP contribution in [0.3, 0.4) is 0 Å². The van der Waals surface area contributed by atoms with Gasteiger partial charge in [0.15, 0.2) is 5.69 Å². The van der Waals surface area contributed by atoms with E-state index in [1.54, 1.807) is 13.0 Å². The minimum absolute atomic E-state index is 0.00547. The molecule has 1 saturated heterocycles. The number of hydrogen-bond acceptors (Lipinski definition) is 4. The van der Waals surface area contributed by atoms with Crippen LogP contribution in [0.5, 0.6) is 0 Å². The van der Waals surface area contributed by atoms with Crippen molar-refractivity contribution in [1.82, 2.24) is 10.1 Å². The third-order valence-corrected chi connectivity index (χ3v) is 4.17. The molecule has 0 bridgehead atoms. The minimum atomic E-state index is -0.116. The maximum Gasteiger partial charge on any atom is 0.276 e. The van der Waals surface area contributed by atoms with Crippen LogP contribution in [0.2, 0.25) is 0 Å². The van der Waals surface area contributed by atoms with E-state index in [1.807, 2.05) is 35.2 Å². The number of hydrogen-bond donors (Lipinski definition) is 0. The zero-order valence-corrected chi connectivity index (χ0v) is 13.7. The van der Waals surface area contributed by atoms with Gasteiger partial charge in [-0.05, 0) is 18.4 Å². The first-order valence-electron chi connectivity index (χ1n) is 7.97. The van der Waals surface area contributed by atoms with Gasteiger partial charge in [0, 0.05) is 12.6 Å². The lowest BCUT2D eigenvalue weighted by molar-refractivity contribution is -0.0956. The van der Waals surface area contributed by atoms with Crippen molar-refractivity contribution in [1.29, 1.82) is 0 Å². The van der Waals surface area contributed by atoms with Crippen molar-refractivity contribution in [3.05, 3.63) is 53.4 Å². The van der Waals surface area contributed by atoms with Gasteiger partial charge >= 0.3 is 0 Å². The second-order valence-electron chi connectivity index (χ2n) is 6.35. The van der Waals surface area contributed by atoms with Gasteiger partial charge in [0.1, 0.15) is 11.9 Å². The van der Waals surface area contributed by atoms with Gasteiger partial charge in [-0.15, -0.1) is 0 Å². The van der Waals surface area contributed by atoms with Crippen molar-refractivity contribution < 1.29 is 14.1 Å². The number of carbonyl (C=O) groups is 1. The fourth-order valence-electron chi connectivity index (χ4n) is 2.80. The van der Waals surface area contributed by atoms with Gasteiger partial charge in [0.2, 0.25) is 0 Å². The van der Waals surface area contributed by atoms with Crippen molar-refractivity contribution in [2.24, 2.45) is 5.92 Å². The molecule has 1 aliphatic rings. The fourth-order valence-corrected chi connectivity index (χ4v) is 2.80. The largest absolute Gasteiger partial charge is 0.366 e. The molecule has 23 heavy (non-hydrogen) atoms. The van der Waals surface area contributed by atoms with Crippen LogP contribution < -0.4 is 0 Å². The van der Waals surface area contributed by atoms with E-state index < -0.39 is 0 Å². The number of carbonyl (C=O) groups excluding carboxylic acids is 1. The summed E-state index contributed by atoms with van der Waals surface area (Å²) in [5, 5.41) is 3.85. The molecule has 0 aliphatic carbocycles. The highest BCUT2D eigenvalue weighted by Gasteiger charge is 2.34. The Labute approximate surface area is 136 Å². The summed E-state index contributed by atoms with van der Waals surface area (Å²) in [6.07, 6.45) is -0.111. The van der Waals surface area contributed by atoms with Gasteiger partial charge in [-0.2, -0.15) is 0 Å². The van der Waals surface area contributed by atoms with Crippen LogP contribution in [0.25, 0.3) is 0 Å². The fraction of sp³-hybridized carbons (Fsp3) is 0.444. The molecule has 1 aromatic heterocycles. The summed E-state index contributed by atoms with van der Waals surface area (Å²) in [6.45, 7) is 7.11. The summed E-state index contributed by atoms with van der Waals surface area (Å²) in [4.78, 5) is 14.5. The number of aromatic nitrogens is 1. The highest BCUT2D eigenvalue weighted by molar-refractivity contribution is 5.92. The monoisotopic (exact) mass is 314 g/mol. The van der Waals surface area contributed by atoms with Gasteiger partial charge in [0.05, 0.1) is 12.6 Å². The van der Waals surface area contributed by atoms with Crippen LogP contribution in [0, 0.1) is 12.8 Å². The summed E-state index contributed by atoms with van der Waals surface area (Å²) in [6, 6.07) is 11.7. The van der Waals surface area contributed by atoms with Crippen LogP contribution in [0.15, 0.2) is 40.9 Å². The van der Waals surface area contributed by atoms with E-state index in [2.05, 4.69) is 19.0 Å². The lowest BCUT2D eigenvalue weighted by atomic mass is 10.0. The number of aryl methyl sites for hydroxylation is 1. The molecule has 122 valence electrons. The summed E-state index contributed by atoms with van der Waals surface area (Å²) in [5.74, 6) is 0.870.